The van der Waals surface area contributed by atoms with Crippen molar-refractivity contribution in [2.24, 2.45) is 0 Å². The molecule has 6 heteroatoms. The van der Waals surface area contributed by atoms with E-state index in [1.807, 2.05) is 6.20 Å². The minimum Gasteiger partial charge on any atom is -0.509 e. The predicted molar refractivity (Wildman–Crippen MR) is 321 cm³/mol. The number of nitrogens with zero attached hydrogens (tertiary/aromatic N) is 4. The van der Waals surface area contributed by atoms with Crippen LogP contribution in [0.2, 0.25) is 0 Å². The molecule has 0 N–H and O–H groups in total. The smallest absolute Gasteiger partial charge is 0.135 e. The van der Waals surface area contributed by atoms with Gasteiger partial charge in [0.25, 0.3) is 0 Å². The van der Waals surface area contributed by atoms with Gasteiger partial charge in [0.1, 0.15) is 5.82 Å². The number of hydrogen-bond acceptors (Lipinski definition) is 4. The Hall–Kier alpha value is -6.68. The molecule has 0 aliphatic carbocycles. The van der Waals surface area contributed by atoms with Crippen molar-refractivity contribution in [3.05, 3.63) is 227 Å². The number of aromatic nitrogens is 2. The number of ether oxygens (including phenoxy) is 1. The minimum absolute atomic E-state index is 0. The molecule has 0 unspecified atom stereocenters. The summed E-state index contributed by atoms with van der Waals surface area (Å²) in [4.78, 5) is 9.73. The van der Waals surface area contributed by atoms with Gasteiger partial charge >= 0.3 is 0 Å². The summed E-state index contributed by atoms with van der Waals surface area (Å²) < 4.78 is 9.61. The van der Waals surface area contributed by atoms with E-state index in [0.29, 0.717) is 11.5 Å². The molecule has 10 rings (SSSR count). The molecule has 0 saturated carbocycles. The molecule has 9 aromatic rings. The van der Waals surface area contributed by atoms with Crippen LogP contribution in [-0.4, -0.2) is 9.55 Å². The van der Waals surface area contributed by atoms with Gasteiger partial charge in [-0.15, -0.1) is 53.8 Å². The Labute approximate surface area is 474 Å². The fourth-order valence-corrected chi connectivity index (χ4v) is 10.8. The molecular weight excluding hydrogens is 1120 g/mol. The number of benzene rings is 7. The molecule has 5 nitrogen and oxygen atoms in total. The van der Waals surface area contributed by atoms with Crippen LogP contribution in [0.3, 0.4) is 0 Å². The molecule has 0 radical (unpaired) electrons. The first kappa shape index (κ1) is 55.1. The Morgan fingerprint density at radius 1 is 0.545 bits per heavy atom. The second-order valence-electron chi connectivity index (χ2n) is 25.2. The van der Waals surface area contributed by atoms with Crippen molar-refractivity contribution in [1.29, 1.82) is 0 Å². The Kier molecular flexibility index (Phi) is 15.0. The summed E-state index contributed by atoms with van der Waals surface area (Å²) in [6.07, 6.45) is 4.27. The Bertz CT molecular complexity index is 3610. The predicted octanol–water partition coefficient (Wildman–Crippen LogP) is 19.1. The van der Waals surface area contributed by atoms with E-state index in [-0.39, 0.29) is 49.1 Å². The molecule has 0 atom stereocenters. The van der Waals surface area contributed by atoms with Crippen LogP contribution in [0.15, 0.2) is 164 Å². The van der Waals surface area contributed by atoms with E-state index in [9.17, 15) is 0 Å². The van der Waals surface area contributed by atoms with Crippen LogP contribution in [0.5, 0.6) is 11.5 Å². The van der Waals surface area contributed by atoms with Crippen molar-refractivity contribution < 1.29 is 25.8 Å². The summed E-state index contributed by atoms with van der Waals surface area (Å²) in [7, 11) is 0. The average Bonchev–Trinajstić information content (AvgIpc) is 3.98. The van der Waals surface area contributed by atoms with Gasteiger partial charge in [0.15, 0.2) is 0 Å². The van der Waals surface area contributed by atoms with Gasteiger partial charge in [-0.05, 0) is 114 Å². The van der Waals surface area contributed by atoms with E-state index in [1.54, 1.807) is 0 Å². The second kappa shape index (κ2) is 20.9. The van der Waals surface area contributed by atoms with Gasteiger partial charge in [-0.25, -0.2) is 4.98 Å². The fourth-order valence-electron chi connectivity index (χ4n) is 10.8. The van der Waals surface area contributed by atoms with Gasteiger partial charge in [-0.3, -0.25) is 0 Å². The third-order valence-electron chi connectivity index (χ3n) is 15.4. The van der Waals surface area contributed by atoms with Crippen molar-refractivity contribution >= 4 is 38.9 Å². The van der Waals surface area contributed by atoms with Crippen LogP contribution >= 0.6 is 0 Å². The number of fused-ring (bicyclic) bond motifs is 3. The summed E-state index contributed by atoms with van der Waals surface area (Å²) in [5, 5.41) is 2.27. The molecule has 0 fully saturated rings. The van der Waals surface area contributed by atoms with E-state index in [2.05, 4.69) is 295 Å². The summed E-state index contributed by atoms with van der Waals surface area (Å²) in [6.45, 7) is 36.6. The third-order valence-corrected chi connectivity index (χ3v) is 15.4. The Morgan fingerprint density at radius 2 is 1.14 bits per heavy atom. The van der Waals surface area contributed by atoms with Crippen molar-refractivity contribution in [1.82, 2.24) is 9.55 Å². The molecule has 1 aliphatic rings. The molecule has 3 heterocycles. The van der Waals surface area contributed by atoms with E-state index in [4.69, 9.17) is 9.72 Å². The number of rotatable bonds is 11. The third kappa shape index (κ3) is 10.8. The van der Waals surface area contributed by atoms with E-state index in [0.717, 1.165) is 55.8 Å². The quantitative estimate of drug-likeness (QED) is 0.121. The zero-order chi connectivity index (χ0) is 54.1. The average molecular weight is 1200 g/mol. The van der Waals surface area contributed by atoms with Crippen molar-refractivity contribution in [3.8, 4) is 28.4 Å². The van der Waals surface area contributed by atoms with Crippen molar-refractivity contribution in [3.63, 3.8) is 0 Å². The van der Waals surface area contributed by atoms with Gasteiger partial charge in [0.05, 0.1) is 0 Å². The molecule has 0 spiro atoms. The molecule has 0 saturated heterocycles. The molecule has 1 aliphatic heterocycles. The normalized spacial score (nSPS) is 13.5. The van der Waals surface area contributed by atoms with Crippen LogP contribution in [0.1, 0.15) is 160 Å². The van der Waals surface area contributed by atoms with E-state index < -0.39 is 5.41 Å². The van der Waals surface area contributed by atoms with Gasteiger partial charge < -0.3 is 19.1 Å². The number of para-hydroxylation sites is 1. The van der Waals surface area contributed by atoms with E-state index >= 15 is 0 Å². The molecular formula is C71H75N4OPt-3. The van der Waals surface area contributed by atoms with Gasteiger partial charge in [-0.2, -0.15) is 0 Å². The molecule has 0 bridgehead atoms. The molecule has 0 amide bonds. The molecule has 2 aromatic heterocycles. The summed E-state index contributed by atoms with van der Waals surface area (Å²) in [6, 6.07) is 62.9. The van der Waals surface area contributed by atoms with Crippen LogP contribution in [0, 0.1) is 18.8 Å². The first-order chi connectivity index (χ1) is 36.0. The molecule has 398 valence electrons. The topological polar surface area (TPSA) is 33.5 Å². The molecule has 77 heavy (non-hydrogen) atoms. The first-order valence-corrected chi connectivity index (χ1v) is 27.2. The Morgan fingerprint density at radius 3 is 1.78 bits per heavy atom. The SMILES string of the molecule is CC(C)c1cccc(C(C)C)c1C1=CN(c2cc(-c3ccccc3)cc(C(C)(C)C)c2)[CH-]N1c1[c-]c(Oc2[c-]c3c(c(C(C)(C)c4ccccc4)c2)c2ccccc2n3-c2cc(C(C)(C)C)ccn2)cc(C(C)(C)C)c1.[Pt]. The van der Waals surface area contributed by atoms with Crippen LogP contribution in [-0.2, 0) is 42.7 Å². The van der Waals surface area contributed by atoms with Crippen molar-refractivity contribution in [2.45, 2.75) is 137 Å². The first-order valence-electron chi connectivity index (χ1n) is 27.2. The van der Waals surface area contributed by atoms with Crippen molar-refractivity contribution in [2.75, 3.05) is 9.80 Å². The fraction of sp³-hybridized carbons (Fsp3) is 0.296. The second-order valence-corrected chi connectivity index (χ2v) is 25.2. The minimum atomic E-state index is -0.430. The van der Waals surface area contributed by atoms with Crippen LogP contribution in [0.4, 0.5) is 11.4 Å². The summed E-state index contributed by atoms with van der Waals surface area (Å²) in [5.74, 6) is 2.64. The Balaban J connectivity index is 0.00000722. The van der Waals surface area contributed by atoms with Gasteiger partial charge in [0.2, 0.25) is 0 Å². The summed E-state index contributed by atoms with van der Waals surface area (Å²) in [5.41, 5.74) is 16.5. The number of anilines is 2. The standard InChI is InChI=1S/C71H75N4O.Pt/c1-46(2)58-30-24-31-59(47(3)4)66(58)64-44-73(54-36-49(48-25-18-16-19-26-48)35-52(37-54)69(8,9)10)45-74(64)55-38-53(70(11,12)13)39-56(41-55)76-57-42-61(71(14,15)50-27-20-17-21-28-50)67-60-29-22-23-32-62(60)75(63(67)43-57)65-40-51(33-34-72-65)68(5,6)7;/h16-40,42,44-47H,1-15H3;/q-3;. The van der Waals surface area contributed by atoms with Crippen LogP contribution < -0.4 is 14.5 Å². The summed E-state index contributed by atoms with van der Waals surface area (Å²) >= 11 is 0. The van der Waals surface area contributed by atoms with Crippen LogP contribution in [0.25, 0.3) is 44.4 Å². The monoisotopic (exact) mass is 1190 g/mol. The zero-order valence-electron chi connectivity index (χ0n) is 47.8. The molecule has 7 aromatic carbocycles. The maximum absolute atomic E-state index is 7.33. The maximum atomic E-state index is 7.33. The zero-order valence-corrected chi connectivity index (χ0v) is 50.1. The van der Waals surface area contributed by atoms with Gasteiger partial charge in [-0.1, -0.05) is 218 Å². The number of hydrogen-bond donors (Lipinski definition) is 0. The van der Waals surface area contributed by atoms with Gasteiger partial charge in [0, 0.05) is 61.2 Å². The largest absolute Gasteiger partial charge is 0.509 e. The number of pyridine rings is 1. The maximum Gasteiger partial charge on any atom is 0.135 e. The van der Waals surface area contributed by atoms with E-state index in [1.165, 1.54) is 44.5 Å².